The van der Waals surface area contributed by atoms with E-state index in [1.54, 1.807) is 6.07 Å². The smallest absolute Gasteiger partial charge is 0.312 e. The SMILES string of the molecule is O=[N+]([O-])c1cc2ccc(Br)cc2nc1NCCCCO. The van der Waals surface area contributed by atoms with Crippen molar-refractivity contribution in [3.8, 4) is 0 Å². The monoisotopic (exact) mass is 339 g/mol. The summed E-state index contributed by atoms with van der Waals surface area (Å²) in [4.78, 5) is 15.0. The van der Waals surface area contributed by atoms with Gasteiger partial charge in [0, 0.05) is 29.1 Å². The van der Waals surface area contributed by atoms with Crippen LogP contribution >= 0.6 is 15.9 Å². The van der Waals surface area contributed by atoms with Crippen molar-refractivity contribution < 1.29 is 10.0 Å². The number of benzene rings is 1. The largest absolute Gasteiger partial charge is 0.396 e. The number of hydrogen-bond donors (Lipinski definition) is 2. The summed E-state index contributed by atoms with van der Waals surface area (Å²) >= 11 is 3.36. The summed E-state index contributed by atoms with van der Waals surface area (Å²) in [7, 11) is 0. The minimum absolute atomic E-state index is 0.0381. The lowest BCUT2D eigenvalue weighted by molar-refractivity contribution is -0.384. The van der Waals surface area contributed by atoms with Gasteiger partial charge in [-0.15, -0.1) is 0 Å². The number of unbranched alkanes of at least 4 members (excludes halogenated alkanes) is 1. The highest BCUT2D eigenvalue weighted by atomic mass is 79.9. The van der Waals surface area contributed by atoms with Gasteiger partial charge in [-0.25, -0.2) is 4.98 Å². The van der Waals surface area contributed by atoms with Crippen LogP contribution in [0.3, 0.4) is 0 Å². The number of aliphatic hydroxyl groups is 1. The predicted molar refractivity (Wildman–Crippen MR) is 80.9 cm³/mol. The van der Waals surface area contributed by atoms with E-state index in [2.05, 4.69) is 26.2 Å². The fourth-order valence-electron chi connectivity index (χ4n) is 1.84. The fraction of sp³-hybridized carbons (Fsp3) is 0.308. The van der Waals surface area contributed by atoms with E-state index < -0.39 is 4.92 Å². The first kappa shape index (κ1) is 14.7. The van der Waals surface area contributed by atoms with Crippen LogP contribution in [0.5, 0.6) is 0 Å². The highest BCUT2D eigenvalue weighted by Crippen LogP contribution is 2.28. The second-order valence-electron chi connectivity index (χ2n) is 4.31. The molecule has 0 saturated heterocycles. The van der Waals surface area contributed by atoms with Crippen molar-refractivity contribution in [1.82, 2.24) is 4.98 Å². The molecule has 6 nitrogen and oxygen atoms in total. The number of fused-ring (bicyclic) bond motifs is 1. The third kappa shape index (κ3) is 3.43. The molecular formula is C13H14BrN3O3. The number of aliphatic hydroxyl groups excluding tert-OH is 1. The van der Waals surface area contributed by atoms with Gasteiger partial charge in [0.25, 0.3) is 0 Å². The van der Waals surface area contributed by atoms with Crippen LogP contribution in [0.2, 0.25) is 0 Å². The van der Waals surface area contributed by atoms with E-state index >= 15 is 0 Å². The summed E-state index contributed by atoms with van der Waals surface area (Å²) < 4.78 is 0.873. The summed E-state index contributed by atoms with van der Waals surface area (Å²) in [5, 5.41) is 23.5. The van der Waals surface area contributed by atoms with Crippen molar-refractivity contribution in [1.29, 1.82) is 0 Å². The molecule has 2 aromatic rings. The van der Waals surface area contributed by atoms with Gasteiger partial charge in [-0.1, -0.05) is 22.0 Å². The lowest BCUT2D eigenvalue weighted by Gasteiger charge is -2.07. The maximum absolute atomic E-state index is 11.1. The van der Waals surface area contributed by atoms with E-state index in [-0.39, 0.29) is 18.1 Å². The number of anilines is 1. The Morgan fingerprint density at radius 1 is 1.35 bits per heavy atom. The molecule has 0 atom stereocenters. The Balaban J connectivity index is 2.33. The quantitative estimate of drug-likeness (QED) is 0.479. The molecule has 0 aliphatic heterocycles. The molecule has 0 saturated carbocycles. The zero-order valence-corrected chi connectivity index (χ0v) is 12.3. The molecule has 2 rings (SSSR count). The Morgan fingerprint density at radius 2 is 2.15 bits per heavy atom. The molecule has 20 heavy (non-hydrogen) atoms. The summed E-state index contributed by atoms with van der Waals surface area (Å²) in [5.74, 6) is 0.263. The second-order valence-corrected chi connectivity index (χ2v) is 5.22. The van der Waals surface area contributed by atoms with Crippen LogP contribution in [0.25, 0.3) is 10.9 Å². The molecule has 1 aromatic carbocycles. The van der Waals surface area contributed by atoms with Crippen LogP contribution in [0, 0.1) is 10.1 Å². The van der Waals surface area contributed by atoms with Crippen LogP contribution in [-0.2, 0) is 0 Å². The minimum atomic E-state index is -0.442. The average molecular weight is 340 g/mol. The fourth-order valence-corrected chi connectivity index (χ4v) is 2.19. The molecule has 0 spiro atoms. The van der Waals surface area contributed by atoms with E-state index in [0.29, 0.717) is 18.5 Å². The van der Waals surface area contributed by atoms with E-state index in [0.717, 1.165) is 16.3 Å². The standard InChI is InChI=1S/C13H14BrN3O3/c14-10-4-3-9-7-12(17(19)20)13(16-11(9)8-10)15-5-1-2-6-18/h3-4,7-8,18H,1-2,5-6H2,(H,15,16). The van der Waals surface area contributed by atoms with Crippen molar-refractivity contribution in [2.45, 2.75) is 12.8 Å². The molecule has 0 aliphatic rings. The Hall–Kier alpha value is -1.73. The first-order valence-electron chi connectivity index (χ1n) is 6.21. The molecule has 106 valence electrons. The summed E-state index contributed by atoms with van der Waals surface area (Å²) in [5.41, 5.74) is 0.651. The van der Waals surface area contributed by atoms with E-state index in [9.17, 15) is 10.1 Å². The van der Waals surface area contributed by atoms with Crippen molar-refractivity contribution in [2.24, 2.45) is 0 Å². The maximum atomic E-state index is 11.1. The molecule has 0 radical (unpaired) electrons. The summed E-state index contributed by atoms with van der Waals surface area (Å²) in [6, 6.07) is 6.94. The highest BCUT2D eigenvalue weighted by Gasteiger charge is 2.16. The second kappa shape index (κ2) is 6.62. The molecule has 0 amide bonds. The lowest BCUT2D eigenvalue weighted by atomic mass is 10.2. The first-order valence-corrected chi connectivity index (χ1v) is 7.00. The van der Waals surface area contributed by atoms with Gasteiger partial charge in [-0.2, -0.15) is 0 Å². The van der Waals surface area contributed by atoms with Crippen LogP contribution in [0.4, 0.5) is 11.5 Å². The Kier molecular flexibility index (Phi) is 4.86. The van der Waals surface area contributed by atoms with Gasteiger partial charge in [0.2, 0.25) is 5.82 Å². The summed E-state index contributed by atoms with van der Waals surface area (Å²) in [6.45, 7) is 0.649. The highest BCUT2D eigenvalue weighted by molar-refractivity contribution is 9.10. The number of nitro groups is 1. The summed E-state index contributed by atoms with van der Waals surface area (Å²) in [6.07, 6.45) is 1.38. The van der Waals surface area contributed by atoms with Gasteiger partial charge in [0.05, 0.1) is 10.4 Å². The molecule has 0 bridgehead atoms. The predicted octanol–water partition coefficient (Wildman–Crippen LogP) is 3.09. The van der Waals surface area contributed by atoms with Crippen molar-refractivity contribution in [2.75, 3.05) is 18.5 Å². The Labute approximate surface area is 124 Å². The van der Waals surface area contributed by atoms with E-state index in [1.807, 2.05) is 12.1 Å². The minimum Gasteiger partial charge on any atom is -0.396 e. The van der Waals surface area contributed by atoms with Gasteiger partial charge >= 0.3 is 5.69 Å². The topological polar surface area (TPSA) is 88.3 Å². The number of nitrogens with zero attached hydrogens (tertiary/aromatic N) is 2. The third-order valence-electron chi connectivity index (χ3n) is 2.83. The Morgan fingerprint density at radius 3 is 2.85 bits per heavy atom. The number of rotatable bonds is 6. The normalized spacial score (nSPS) is 10.7. The van der Waals surface area contributed by atoms with Crippen molar-refractivity contribution >= 4 is 38.3 Å². The number of halogens is 1. The molecular weight excluding hydrogens is 326 g/mol. The van der Waals surface area contributed by atoms with Gasteiger partial charge in [-0.3, -0.25) is 10.1 Å². The van der Waals surface area contributed by atoms with Crippen LogP contribution in [-0.4, -0.2) is 28.2 Å². The zero-order valence-electron chi connectivity index (χ0n) is 10.7. The van der Waals surface area contributed by atoms with Crippen molar-refractivity contribution in [3.05, 3.63) is 38.9 Å². The molecule has 1 heterocycles. The molecule has 7 heteroatoms. The first-order chi connectivity index (χ1) is 9.61. The lowest BCUT2D eigenvalue weighted by Crippen LogP contribution is -2.07. The van der Waals surface area contributed by atoms with E-state index in [4.69, 9.17) is 5.11 Å². The van der Waals surface area contributed by atoms with Crippen LogP contribution in [0.15, 0.2) is 28.7 Å². The number of nitrogens with one attached hydrogen (secondary N) is 1. The van der Waals surface area contributed by atoms with Gasteiger partial charge in [0.15, 0.2) is 0 Å². The van der Waals surface area contributed by atoms with Gasteiger partial charge in [0.1, 0.15) is 0 Å². The van der Waals surface area contributed by atoms with E-state index in [1.165, 1.54) is 6.07 Å². The Bertz CT molecular complexity index is 634. The molecule has 1 aromatic heterocycles. The zero-order chi connectivity index (χ0) is 14.5. The van der Waals surface area contributed by atoms with Crippen LogP contribution in [0.1, 0.15) is 12.8 Å². The number of pyridine rings is 1. The number of hydrogen-bond acceptors (Lipinski definition) is 5. The molecule has 0 unspecified atom stereocenters. The molecule has 2 N–H and O–H groups in total. The molecule has 0 fully saturated rings. The third-order valence-corrected chi connectivity index (χ3v) is 3.33. The van der Waals surface area contributed by atoms with Gasteiger partial charge in [-0.05, 0) is 25.0 Å². The van der Waals surface area contributed by atoms with Crippen LogP contribution < -0.4 is 5.32 Å². The number of aromatic nitrogens is 1. The average Bonchev–Trinajstić information content (AvgIpc) is 2.42. The van der Waals surface area contributed by atoms with Crippen molar-refractivity contribution in [3.63, 3.8) is 0 Å². The molecule has 0 aliphatic carbocycles. The maximum Gasteiger partial charge on any atom is 0.312 e. The van der Waals surface area contributed by atoms with Gasteiger partial charge < -0.3 is 10.4 Å².